The number of para-hydroxylation sites is 1. The zero-order valence-electron chi connectivity index (χ0n) is 12.0. The summed E-state index contributed by atoms with van der Waals surface area (Å²) in [6, 6.07) is 7.33. The molecule has 0 fully saturated rings. The monoisotopic (exact) mass is 283 g/mol. The molecule has 2 heterocycles. The number of benzene rings is 1. The maximum Gasteiger partial charge on any atom is 0.242 e. The summed E-state index contributed by atoms with van der Waals surface area (Å²) in [7, 11) is 0. The highest BCUT2D eigenvalue weighted by Crippen LogP contribution is 2.28. The van der Waals surface area contributed by atoms with Crippen LogP contribution in [-0.4, -0.2) is 27.0 Å². The molecular formula is C15H17N5O. The first kappa shape index (κ1) is 13.4. The van der Waals surface area contributed by atoms with Crippen LogP contribution in [0.25, 0.3) is 21.9 Å². The predicted molar refractivity (Wildman–Crippen MR) is 82.8 cm³/mol. The molecule has 0 saturated heterocycles. The van der Waals surface area contributed by atoms with E-state index in [4.69, 9.17) is 5.73 Å². The number of carbonyl (C=O) groups excluding carboxylic acids is 1. The number of hydrogen-bond donors (Lipinski definition) is 2. The minimum atomic E-state index is -0.430. The number of nitrogen functional groups attached to an aromatic ring is 1. The summed E-state index contributed by atoms with van der Waals surface area (Å²) in [5, 5.41) is 3.75. The standard InChI is InChI=1S/C15H17N5O/c1-3-17-14(21)9(2)20-13-10-6-4-5-7-11(10)18-8-12(13)19-15(20)16/h4-9H,3H2,1-2H3,(H2,16,19)(H,17,21). The molecule has 108 valence electrons. The van der Waals surface area contributed by atoms with Crippen LogP contribution in [-0.2, 0) is 4.79 Å². The van der Waals surface area contributed by atoms with Crippen LogP contribution in [0.2, 0.25) is 0 Å². The van der Waals surface area contributed by atoms with Gasteiger partial charge in [-0.3, -0.25) is 14.3 Å². The fourth-order valence-corrected chi connectivity index (χ4v) is 2.57. The van der Waals surface area contributed by atoms with Crippen LogP contribution < -0.4 is 11.1 Å². The Morgan fingerprint density at radius 3 is 2.90 bits per heavy atom. The first-order chi connectivity index (χ1) is 10.1. The lowest BCUT2D eigenvalue weighted by Gasteiger charge is -2.16. The number of fused-ring (bicyclic) bond motifs is 3. The molecule has 0 aliphatic heterocycles. The average molecular weight is 283 g/mol. The van der Waals surface area contributed by atoms with Crippen molar-refractivity contribution in [3.05, 3.63) is 30.5 Å². The van der Waals surface area contributed by atoms with E-state index in [2.05, 4.69) is 15.3 Å². The highest BCUT2D eigenvalue weighted by molar-refractivity contribution is 6.03. The molecule has 6 nitrogen and oxygen atoms in total. The van der Waals surface area contributed by atoms with Gasteiger partial charge in [-0.1, -0.05) is 18.2 Å². The number of nitrogens with zero attached hydrogens (tertiary/aromatic N) is 3. The third-order valence-corrected chi connectivity index (χ3v) is 3.57. The van der Waals surface area contributed by atoms with Gasteiger partial charge in [-0.15, -0.1) is 0 Å². The van der Waals surface area contributed by atoms with Crippen LogP contribution >= 0.6 is 0 Å². The number of amides is 1. The number of aromatic nitrogens is 3. The van der Waals surface area contributed by atoms with Crippen LogP contribution in [0.1, 0.15) is 19.9 Å². The first-order valence-corrected chi connectivity index (χ1v) is 6.92. The molecular weight excluding hydrogens is 266 g/mol. The minimum Gasteiger partial charge on any atom is -0.369 e. The lowest BCUT2D eigenvalue weighted by molar-refractivity contribution is -0.123. The molecule has 1 amide bonds. The zero-order chi connectivity index (χ0) is 15.0. The maximum absolute atomic E-state index is 12.1. The number of pyridine rings is 1. The van der Waals surface area contributed by atoms with E-state index in [0.29, 0.717) is 18.0 Å². The molecule has 0 aliphatic carbocycles. The van der Waals surface area contributed by atoms with Gasteiger partial charge in [0.1, 0.15) is 11.6 Å². The molecule has 3 rings (SSSR count). The number of imidazole rings is 1. The smallest absolute Gasteiger partial charge is 0.242 e. The summed E-state index contributed by atoms with van der Waals surface area (Å²) >= 11 is 0. The van der Waals surface area contributed by atoms with Crippen LogP contribution in [0.3, 0.4) is 0 Å². The Balaban J connectivity index is 2.28. The molecule has 0 radical (unpaired) electrons. The van der Waals surface area contributed by atoms with Gasteiger partial charge in [-0.2, -0.15) is 0 Å². The molecule has 1 aromatic carbocycles. The van der Waals surface area contributed by atoms with Crippen LogP contribution in [0.4, 0.5) is 5.95 Å². The topological polar surface area (TPSA) is 85.8 Å². The third-order valence-electron chi connectivity index (χ3n) is 3.57. The van der Waals surface area contributed by atoms with E-state index in [1.165, 1.54) is 0 Å². The second-order valence-corrected chi connectivity index (χ2v) is 4.92. The number of nitrogens with one attached hydrogen (secondary N) is 1. The van der Waals surface area contributed by atoms with Gasteiger partial charge in [0, 0.05) is 11.9 Å². The summed E-state index contributed by atoms with van der Waals surface area (Å²) in [5.41, 5.74) is 8.42. The van der Waals surface area contributed by atoms with Gasteiger partial charge >= 0.3 is 0 Å². The number of carbonyl (C=O) groups is 1. The molecule has 0 bridgehead atoms. The van der Waals surface area contributed by atoms with E-state index in [-0.39, 0.29) is 5.91 Å². The van der Waals surface area contributed by atoms with Gasteiger partial charge < -0.3 is 11.1 Å². The van der Waals surface area contributed by atoms with Gasteiger partial charge in [0.2, 0.25) is 11.9 Å². The highest BCUT2D eigenvalue weighted by Gasteiger charge is 2.21. The lowest BCUT2D eigenvalue weighted by Crippen LogP contribution is -2.31. The van der Waals surface area contributed by atoms with E-state index >= 15 is 0 Å². The molecule has 0 saturated carbocycles. The van der Waals surface area contributed by atoms with Crippen molar-refractivity contribution in [2.24, 2.45) is 0 Å². The van der Waals surface area contributed by atoms with Gasteiger partial charge in [-0.05, 0) is 19.9 Å². The fraction of sp³-hybridized carbons (Fsp3) is 0.267. The average Bonchev–Trinajstić information content (AvgIpc) is 2.83. The first-order valence-electron chi connectivity index (χ1n) is 6.92. The van der Waals surface area contributed by atoms with Crippen molar-refractivity contribution < 1.29 is 4.79 Å². The predicted octanol–water partition coefficient (Wildman–Crippen LogP) is 1.86. The number of nitrogens with two attached hydrogens (primary N) is 1. The molecule has 6 heteroatoms. The molecule has 1 unspecified atom stereocenters. The van der Waals surface area contributed by atoms with Gasteiger partial charge in [0.25, 0.3) is 0 Å². The third kappa shape index (κ3) is 2.08. The van der Waals surface area contributed by atoms with Crippen molar-refractivity contribution in [3.63, 3.8) is 0 Å². The Bertz CT molecular complexity index is 823. The molecule has 3 N–H and O–H groups in total. The van der Waals surface area contributed by atoms with Crippen LogP contribution in [0.5, 0.6) is 0 Å². The van der Waals surface area contributed by atoms with Crippen molar-refractivity contribution >= 4 is 33.8 Å². The fourth-order valence-electron chi connectivity index (χ4n) is 2.57. The van der Waals surface area contributed by atoms with Crippen molar-refractivity contribution in [2.45, 2.75) is 19.9 Å². The minimum absolute atomic E-state index is 0.0793. The summed E-state index contributed by atoms with van der Waals surface area (Å²) in [5.74, 6) is 0.242. The number of likely N-dealkylation sites (N-methyl/N-ethyl adjacent to an activating group) is 1. The molecule has 2 aromatic heterocycles. The second kappa shape index (κ2) is 5.05. The second-order valence-electron chi connectivity index (χ2n) is 4.92. The Kier molecular flexibility index (Phi) is 3.21. The van der Waals surface area contributed by atoms with Crippen LogP contribution in [0, 0.1) is 0 Å². The Morgan fingerprint density at radius 2 is 2.14 bits per heavy atom. The van der Waals surface area contributed by atoms with Crippen molar-refractivity contribution in [2.75, 3.05) is 12.3 Å². The largest absolute Gasteiger partial charge is 0.369 e. The number of anilines is 1. The Hall–Kier alpha value is -2.63. The summed E-state index contributed by atoms with van der Waals surface area (Å²) in [6.07, 6.45) is 1.69. The lowest BCUT2D eigenvalue weighted by atomic mass is 10.2. The van der Waals surface area contributed by atoms with E-state index < -0.39 is 6.04 Å². The van der Waals surface area contributed by atoms with Crippen molar-refractivity contribution in [1.29, 1.82) is 0 Å². The number of rotatable bonds is 3. The molecule has 1 atom stereocenters. The zero-order valence-corrected chi connectivity index (χ0v) is 12.0. The molecule has 0 aliphatic rings. The normalized spacial score (nSPS) is 12.7. The SMILES string of the molecule is CCNC(=O)C(C)n1c(N)nc2cnc3ccccc3c21. The quantitative estimate of drug-likeness (QED) is 0.768. The number of hydrogen-bond acceptors (Lipinski definition) is 4. The molecule has 0 spiro atoms. The van der Waals surface area contributed by atoms with Crippen molar-refractivity contribution in [1.82, 2.24) is 19.9 Å². The van der Waals surface area contributed by atoms with Gasteiger partial charge in [0.15, 0.2) is 0 Å². The highest BCUT2D eigenvalue weighted by atomic mass is 16.2. The Labute approximate surface area is 122 Å². The van der Waals surface area contributed by atoms with E-state index in [9.17, 15) is 4.79 Å². The molecule has 3 aromatic rings. The van der Waals surface area contributed by atoms with E-state index in [1.807, 2.05) is 38.1 Å². The van der Waals surface area contributed by atoms with E-state index in [1.54, 1.807) is 10.8 Å². The maximum atomic E-state index is 12.1. The van der Waals surface area contributed by atoms with Gasteiger partial charge in [-0.25, -0.2) is 4.98 Å². The van der Waals surface area contributed by atoms with Crippen molar-refractivity contribution in [3.8, 4) is 0 Å². The van der Waals surface area contributed by atoms with E-state index in [0.717, 1.165) is 16.4 Å². The summed E-state index contributed by atoms with van der Waals surface area (Å²) < 4.78 is 1.77. The molecule has 21 heavy (non-hydrogen) atoms. The van der Waals surface area contributed by atoms with Crippen LogP contribution in [0.15, 0.2) is 30.5 Å². The summed E-state index contributed by atoms with van der Waals surface area (Å²) in [4.78, 5) is 20.8. The summed E-state index contributed by atoms with van der Waals surface area (Å²) in [6.45, 7) is 4.29. The Morgan fingerprint density at radius 1 is 1.38 bits per heavy atom. The van der Waals surface area contributed by atoms with Gasteiger partial charge in [0.05, 0.1) is 17.2 Å².